The van der Waals surface area contributed by atoms with Crippen molar-refractivity contribution in [3.8, 4) is 0 Å². The maximum Gasteiger partial charge on any atom is 0.0860 e. The van der Waals surface area contributed by atoms with Gasteiger partial charge in [-0.15, -0.1) is 0 Å². The van der Waals surface area contributed by atoms with Gasteiger partial charge < -0.3 is 10.8 Å². The molecular weight excluding hydrogens is 234 g/mol. The summed E-state index contributed by atoms with van der Waals surface area (Å²) in [5.74, 6) is 0. The molecule has 0 aliphatic heterocycles. The van der Waals surface area contributed by atoms with Crippen LogP contribution >= 0.6 is 11.6 Å². The molecule has 3 N–H and O–H groups in total. The topological polar surface area (TPSA) is 46.2 Å². The number of aliphatic hydroxyl groups is 1. The average molecular weight is 254 g/mol. The number of benzene rings is 1. The minimum absolute atomic E-state index is 0.126. The summed E-state index contributed by atoms with van der Waals surface area (Å²) in [6.07, 6.45) is 3.91. The third-order valence-electron chi connectivity index (χ3n) is 4.11. The van der Waals surface area contributed by atoms with E-state index in [1.807, 2.05) is 25.1 Å². The zero-order valence-electron chi connectivity index (χ0n) is 10.2. The lowest BCUT2D eigenvalue weighted by molar-refractivity contribution is 0.0328. The van der Waals surface area contributed by atoms with E-state index in [2.05, 4.69) is 0 Å². The summed E-state index contributed by atoms with van der Waals surface area (Å²) in [5, 5.41) is 11.3. The van der Waals surface area contributed by atoms with E-state index in [4.69, 9.17) is 17.3 Å². The molecule has 3 heteroatoms. The highest BCUT2D eigenvalue weighted by Gasteiger charge is 2.40. The Balaban J connectivity index is 2.32. The molecular formula is C14H20ClNO. The molecule has 1 fully saturated rings. The number of nitrogens with two attached hydrogens (primary N) is 1. The Morgan fingerprint density at radius 2 is 2.06 bits per heavy atom. The Hall–Kier alpha value is -0.570. The molecule has 94 valence electrons. The van der Waals surface area contributed by atoms with Crippen LogP contribution in [0.1, 0.15) is 42.9 Å². The van der Waals surface area contributed by atoms with Crippen LogP contribution in [-0.2, 0) is 0 Å². The van der Waals surface area contributed by atoms with E-state index in [1.165, 1.54) is 12.8 Å². The molecule has 0 aromatic heterocycles. The van der Waals surface area contributed by atoms with Gasteiger partial charge in [0.05, 0.1) is 6.10 Å². The molecule has 0 radical (unpaired) electrons. The molecule has 0 spiro atoms. The molecule has 0 heterocycles. The molecule has 1 unspecified atom stereocenters. The molecule has 1 aromatic rings. The van der Waals surface area contributed by atoms with Gasteiger partial charge >= 0.3 is 0 Å². The highest BCUT2D eigenvalue weighted by atomic mass is 35.5. The first-order valence-corrected chi connectivity index (χ1v) is 6.61. The minimum Gasteiger partial charge on any atom is -0.388 e. The first-order valence-electron chi connectivity index (χ1n) is 6.23. The van der Waals surface area contributed by atoms with E-state index in [1.54, 1.807) is 0 Å². The van der Waals surface area contributed by atoms with E-state index >= 15 is 0 Å². The van der Waals surface area contributed by atoms with Gasteiger partial charge in [0.2, 0.25) is 0 Å². The summed E-state index contributed by atoms with van der Waals surface area (Å²) < 4.78 is 0. The van der Waals surface area contributed by atoms with Crippen molar-refractivity contribution in [2.24, 2.45) is 11.1 Å². The zero-order chi connectivity index (χ0) is 12.5. The Labute approximate surface area is 108 Å². The fourth-order valence-corrected chi connectivity index (χ4v) is 3.17. The van der Waals surface area contributed by atoms with Gasteiger partial charge in [-0.2, -0.15) is 0 Å². The SMILES string of the molecule is Cc1cc(Cl)ccc1C(O)C1(CN)CCCC1. The van der Waals surface area contributed by atoms with Gasteiger partial charge in [0.25, 0.3) is 0 Å². The van der Waals surface area contributed by atoms with Crippen LogP contribution in [0.25, 0.3) is 0 Å². The predicted octanol–water partition coefficient (Wildman–Crippen LogP) is 3.20. The monoisotopic (exact) mass is 253 g/mol. The minimum atomic E-state index is -0.465. The van der Waals surface area contributed by atoms with E-state index in [-0.39, 0.29) is 5.41 Å². The second kappa shape index (κ2) is 4.97. The van der Waals surface area contributed by atoms with Crippen LogP contribution in [0.15, 0.2) is 18.2 Å². The normalized spacial score (nSPS) is 20.5. The Kier molecular flexibility index (Phi) is 3.76. The van der Waals surface area contributed by atoms with Crippen molar-refractivity contribution < 1.29 is 5.11 Å². The van der Waals surface area contributed by atoms with Crippen LogP contribution in [-0.4, -0.2) is 11.7 Å². The largest absolute Gasteiger partial charge is 0.388 e. The van der Waals surface area contributed by atoms with Crippen molar-refractivity contribution >= 4 is 11.6 Å². The van der Waals surface area contributed by atoms with Crippen molar-refractivity contribution in [3.05, 3.63) is 34.3 Å². The average Bonchev–Trinajstić information content (AvgIpc) is 2.78. The van der Waals surface area contributed by atoms with Gasteiger partial charge in [0.1, 0.15) is 0 Å². The fourth-order valence-electron chi connectivity index (χ4n) is 2.94. The summed E-state index contributed by atoms with van der Waals surface area (Å²) in [4.78, 5) is 0. The van der Waals surface area contributed by atoms with Crippen LogP contribution in [0.5, 0.6) is 0 Å². The second-order valence-electron chi connectivity index (χ2n) is 5.18. The molecule has 1 aliphatic rings. The molecule has 1 atom stereocenters. The van der Waals surface area contributed by atoms with Crippen molar-refractivity contribution in [1.29, 1.82) is 0 Å². The molecule has 0 amide bonds. The van der Waals surface area contributed by atoms with E-state index in [0.29, 0.717) is 11.6 Å². The Morgan fingerprint density at radius 3 is 2.59 bits per heavy atom. The first kappa shape index (κ1) is 12.9. The van der Waals surface area contributed by atoms with E-state index < -0.39 is 6.10 Å². The van der Waals surface area contributed by atoms with Crippen LogP contribution in [0.2, 0.25) is 5.02 Å². The smallest absolute Gasteiger partial charge is 0.0860 e. The highest BCUT2D eigenvalue weighted by Crippen LogP contribution is 2.47. The molecule has 0 bridgehead atoms. The van der Waals surface area contributed by atoms with Gasteiger partial charge in [-0.25, -0.2) is 0 Å². The van der Waals surface area contributed by atoms with Crippen LogP contribution in [0.3, 0.4) is 0 Å². The molecule has 17 heavy (non-hydrogen) atoms. The molecule has 1 aliphatic carbocycles. The Morgan fingerprint density at radius 1 is 1.41 bits per heavy atom. The summed E-state index contributed by atoms with van der Waals surface area (Å²) in [6.45, 7) is 2.54. The van der Waals surface area contributed by atoms with Crippen LogP contribution in [0.4, 0.5) is 0 Å². The van der Waals surface area contributed by atoms with Gasteiger partial charge in [-0.05, 0) is 43.0 Å². The summed E-state index contributed by atoms with van der Waals surface area (Å²) in [7, 11) is 0. The van der Waals surface area contributed by atoms with E-state index in [0.717, 1.165) is 24.0 Å². The number of hydrogen-bond acceptors (Lipinski definition) is 2. The van der Waals surface area contributed by atoms with E-state index in [9.17, 15) is 5.11 Å². The number of rotatable bonds is 3. The van der Waals surface area contributed by atoms with Gasteiger partial charge in [0, 0.05) is 17.0 Å². The highest BCUT2D eigenvalue weighted by molar-refractivity contribution is 6.30. The lowest BCUT2D eigenvalue weighted by atomic mass is 9.76. The lowest BCUT2D eigenvalue weighted by Crippen LogP contribution is -2.34. The van der Waals surface area contributed by atoms with Crippen molar-refractivity contribution in [2.75, 3.05) is 6.54 Å². The second-order valence-corrected chi connectivity index (χ2v) is 5.61. The fraction of sp³-hybridized carbons (Fsp3) is 0.571. The number of aryl methyl sites for hydroxylation is 1. The third kappa shape index (κ3) is 2.35. The summed E-state index contributed by atoms with van der Waals surface area (Å²) in [5.41, 5.74) is 7.79. The molecule has 2 rings (SSSR count). The number of halogens is 1. The molecule has 0 saturated heterocycles. The van der Waals surface area contributed by atoms with Gasteiger partial charge in [-0.3, -0.25) is 0 Å². The first-order chi connectivity index (χ1) is 8.09. The van der Waals surface area contributed by atoms with Crippen LogP contribution in [0, 0.1) is 12.3 Å². The standard InChI is InChI=1S/C14H20ClNO/c1-10-8-11(15)4-5-12(10)13(17)14(9-16)6-2-3-7-14/h4-5,8,13,17H,2-3,6-7,9,16H2,1H3. The predicted molar refractivity (Wildman–Crippen MR) is 71.1 cm³/mol. The number of hydrogen-bond donors (Lipinski definition) is 2. The molecule has 2 nitrogen and oxygen atoms in total. The third-order valence-corrected chi connectivity index (χ3v) is 4.35. The maximum absolute atomic E-state index is 10.6. The number of aliphatic hydroxyl groups excluding tert-OH is 1. The quantitative estimate of drug-likeness (QED) is 0.869. The molecule has 1 saturated carbocycles. The lowest BCUT2D eigenvalue weighted by Gasteiger charge is -2.34. The van der Waals surface area contributed by atoms with Crippen molar-refractivity contribution in [2.45, 2.75) is 38.7 Å². The Bertz CT molecular complexity index is 399. The zero-order valence-corrected chi connectivity index (χ0v) is 11.0. The molecule has 1 aromatic carbocycles. The van der Waals surface area contributed by atoms with Gasteiger partial charge in [-0.1, -0.05) is 30.5 Å². The summed E-state index contributed by atoms with van der Waals surface area (Å²) >= 11 is 5.94. The van der Waals surface area contributed by atoms with Crippen molar-refractivity contribution in [3.63, 3.8) is 0 Å². The summed E-state index contributed by atoms with van der Waals surface area (Å²) in [6, 6.07) is 5.67. The van der Waals surface area contributed by atoms with Gasteiger partial charge in [0.15, 0.2) is 0 Å². The van der Waals surface area contributed by atoms with Crippen LogP contribution < -0.4 is 5.73 Å². The van der Waals surface area contributed by atoms with Crippen molar-refractivity contribution in [1.82, 2.24) is 0 Å². The maximum atomic E-state index is 10.6.